The van der Waals surface area contributed by atoms with Crippen LogP contribution in [0.5, 0.6) is 0 Å². The van der Waals surface area contributed by atoms with Gasteiger partial charge in [0.1, 0.15) is 0 Å². The van der Waals surface area contributed by atoms with Crippen molar-refractivity contribution in [1.82, 2.24) is 15.1 Å². The van der Waals surface area contributed by atoms with E-state index >= 15 is 0 Å². The largest absolute Gasteiger partial charge is 0.387 e. The van der Waals surface area contributed by atoms with Crippen LogP contribution < -0.4 is 11.1 Å². The Labute approximate surface area is 169 Å². The molecular weight excluding hydrogens is 374 g/mol. The molecule has 0 spiro atoms. The van der Waals surface area contributed by atoms with Crippen molar-refractivity contribution < 1.29 is 4.79 Å². The molecule has 1 aliphatic rings. The van der Waals surface area contributed by atoms with Crippen molar-refractivity contribution in [1.29, 1.82) is 5.41 Å². The van der Waals surface area contributed by atoms with Gasteiger partial charge in [0.15, 0.2) is 0 Å². The molecule has 6 nitrogen and oxygen atoms in total. The zero-order valence-electron chi connectivity index (χ0n) is 16.0. The van der Waals surface area contributed by atoms with Gasteiger partial charge in [-0.3, -0.25) is 14.9 Å². The van der Waals surface area contributed by atoms with Gasteiger partial charge >= 0.3 is 0 Å². The minimum Gasteiger partial charge on any atom is -0.387 e. The molecule has 4 N–H and O–H groups in total. The van der Waals surface area contributed by atoms with Gasteiger partial charge in [0.25, 0.3) is 5.91 Å². The van der Waals surface area contributed by atoms with E-state index in [1.165, 1.54) is 0 Å². The lowest BCUT2D eigenvalue weighted by atomic mass is 9.96. The summed E-state index contributed by atoms with van der Waals surface area (Å²) in [5.41, 5.74) is 9.57. The number of carbonyl (C=O) groups is 1. The van der Waals surface area contributed by atoms with Crippen molar-refractivity contribution in [3.63, 3.8) is 0 Å². The molecule has 7 heteroatoms. The molecule has 1 aliphatic carbocycles. The summed E-state index contributed by atoms with van der Waals surface area (Å²) in [5, 5.41) is 15.7. The highest BCUT2D eigenvalue weighted by Gasteiger charge is 2.19. The first-order chi connectivity index (χ1) is 13.4. The van der Waals surface area contributed by atoms with E-state index in [0.29, 0.717) is 35.8 Å². The molecule has 0 bridgehead atoms. The van der Waals surface area contributed by atoms with E-state index in [2.05, 4.69) is 10.4 Å². The molecule has 1 amide bonds. The zero-order chi connectivity index (χ0) is 20.3. The molecule has 0 radical (unpaired) electrons. The van der Waals surface area contributed by atoms with Gasteiger partial charge in [0.2, 0.25) is 0 Å². The molecule has 0 fully saturated rings. The van der Waals surface area contributed by atoms with Crippen LogP contribution in [0.25, 0.3) is 0 Å². The summed E-state index contributed by atoms with van der Waals surface area (Å²) >= 11 is 6.25. The lowest BCUT2D eigenvalue weighted by Crippen LogP contribution is -2.27. The molecule has 1 atom stereocenters. The highest BCUT2D eigenvalue weighted by molar-refractivity contribution is 6.31. The zero-order valence-corrected chi connectivity index (χ0v) is 16.8. The van der Waals surface area contributed by atoms with E-state index in [1.807, 2.05) is 61.0 Å². The summed E-state index contributed by atoms with van der Waals surface area (Å²) in [6, 6.07) is 7.62. The lowest BCUT2D eigenvalue weighted by Gasteiger charge is -2.15. The van der Waals surface area contributed by atoms with Crippen molar-refractivity contribution >= 4 is 23.3 Å². The normalized spacial score (nSPS) is 16.0. The number of allylic oxidation sites excluding steroid dienone is 1. The number of amides is 1. The number of benzene rings is 1. The number of aromatic nitrogens is 2. The van der Waals surface area contributed by atoms with Crippen molar-refractivity contribution in [2.45, 2.75) is 26.8 Å². The molecule has 0 saturated carbocycles. The number of nitrogens with two attached hydrogens (primary N) is 1. The monoisotopic (exact) mass is 397 g/mol. The first-order valence-corrected chi connectivity index (χ1v) is 9.51. The SMILES string of the molecule is Cc1nn(Cc2ccccc2Cl)c(C)c1C(=O)NCC1=CCC(C(=N)N)C=C1. The highest BCUT2D eigenvalue weighted by Crippen LogP contribution is 2.20. The Balaban J connectivity index is 1.68. The number of hydrogen-bond donors (Lipinski definition) is 3. The van der Waals surface area contributed by atoms with Crippen LogP contribution in [0.3, 0.4) is 0 Å². The number of rotatable bonds is 6. The predicted octanol–water partition coefficient (Wildman–Crippen LogP) is 3.37. The van der Waals surface area contributed by atoms with Crippen molar-refractivity contribution in [2.75, 3.05) is 6.54 Å². The van der Waals surface area contributed by atoms with E-state index in [0.717, 1.165) is 16.8 Å². The minimum atomic E-state index is -0.150. The molecule has 0 saturated heterocycles. The third-order valence-corrected chi connectivity index (χ3v) is 5.28. The average molecular weight is 398 g/mol. The maximum Gasteiger partial charge on any atom is 0.255 e. The number of hydrogen-bond acceptors (Lipinski definition) is 3. The Morgan fingerprint density at radius 1 is 1.39 bits per heavy atom. The topological polar surface area (TPSA) is 96.8 Å². The summed E-state index contributed by atoms with van der Waals surface area (Å²) in [6.07, 6.45) is 6.51. The minimum absolute atomic E-state index is 0.0491. The molecule has 1 heterocycles. The summed E-state index contributed by atoms with van der Waals surface area (Å²) in [5.74, 6) is -0.0387. The van der Waals surface area contributed by atoms with E-state index < -0.39 is 0 Å². The first kappa shape index (κ1) is 19.9. The van der Waals surface area contributed by atoms with Gasteiger partial charge in [-0.1, -0.05) is 48.0 Å². The van der Waals surface area contributed by atoms with Crippen LogP contribution in [-0.2, 0) is 6.54 Å². The van der Waals surface area contributed by atoms with Crippen LogP contribution in [0.2, 0.25) is 5.02 Å². The van der Waals surface area contributed by atoms with Crippen LogP contribution in [-0.4, -0.2) is 28.1 Å². The second-order valence-electron chi connectivity index (χ2n) is 6.91. The Kier molecular flexibility index (Phi) is 5.99. The van der Waals surface area contributed by atoms with Crippen molar-refractivity contribution in [3.05, 3.63) is 75.6 Å². The van der Waals surface area contributed by atoms with Gasteiger partial charge in [-0.2, -0.15) is 5.10 Å². The molecule has 28 heavy (non-hydrogen) atoms. The van der Waals surface area contributed by atoms with Crippen LogP contribution in [0.1, 0.15) is 33.7 Å². The number of nitrogens with zero attached hydrogens (tertiary/aromatic N) is 2. The Hall–Kier alpha value is -2.86. The third-order valence-electron chi connectivity index (χ3n) is 4.92. The summed E-state index contributed by atoms with van der Waals surface area (Å²) < 4.78 is 1.81. The van der Waals surface area contributed by atoms with E-state index in [1.54, 1.807) is 0 Å². The Morgan fingerprint density at radius 3 is 2.79 bits per heavy atom. The van der Waals surface area contributed by atoms with Gasteiger partial charge < -0.3 is 11.1 Å². The second-order valence-corrected chi connectivity index (χ2v) is 7.32. The van der Waals surface area contributed by atoms with Gasteiger partial charge in [0.05, 0.1) is 23.6 Å². The number of nitrogens with one attached hydrogen (secondary N) is 2. The number of carbonyl (C=O) groups excluding carboxylic acids is 1. The summed E-state index contributed by atoms with van der Waals surface area (Å²) in [7, 11) is 0. The van der Waals surface area contributed by atoms with Gasteiger partial charge in [-0.05, 0) is 37.5 Å². The summed E-state index contributed by atoms with van der Waals surface area (Å²) in [6.45, 7) is 4.67. The molecule has 3 rings (SSSR count). The molecule has 1 aromatic carbocycles. The fraction of sp³-hybridized carbons (Fsp3) is 0.286. The summed E-state index contributed by atoms with van der Waals surface area (Å²) in [4.78, 5) is 12.7. The van der Waals surface area contributed by atoms with Crippen molar-refractivity contribution in [3.8, 4) is 0 Å². The van der Waals surface area contributed by atoms with E-state index in [-0.39, 0.29) is 17.7 Å². The fourth-order valence-electron chi connectivity index (χ4n) is 3.26. The van der Waals surface area contributed by atoms with Gasteiger partial charge in [-0.15, -0.1) is 0 Å². The average Bonchev–Trinajstić information content (AvgIpc) is 2.95. The molecule has 146 valence electrons. The number of halogens is 1. The second kappa shape index (κ2) is 8.44. The fourth-order valence-corrected chi connectivity index (χ4v) is 3.46. The predicted molar refractivity (Wildman–Crippen MR) is 112 cm³/mol. The molecule has 2 aromatic rings. The maximum absolute atomic E-state index is 12.7. The van der Waals surface area contributed by atoms with Crippen LogP contribution in [0.4, 0.5) is 0 Å². The van der Waals surface area contributed by atoms with Crippen molar-refractivity contribution in [2.24, 2.45) is 11.7 Å². The van der Waals surface area contributed by atoms with Crippen LogP contribution in [0.15, 0.2) is 48.1 Å². The standard InChI is InChI=1S/C21H24ClN5O/c1-13-19(14(2)27(26-13)12-17-5-3-4-6-18(17)22)21(28)25-11-15-7-9-16(10-8-15)20(23)24/h3-9,16H,10-12H2,1-2H3,(H3,23,24)(H,25,28). The third kappa shape index (κ3) is 4.34. The van der Waals surface area contributed by atoms with Gasteiger partial charge in [-0.25, -0.2) is 0 Å². The highest BCUT2D eigenvalue weighted by atomic mass is 35.5. The molecule has 1 unspecified atom stereocenters. The quantitative estimate of drug-likeness (QED) is 0.515. The van der Waals surface area contributed by atoms with Crippen LogP contribution >= 0.6 is 11.6 Å². The molecular formula is C21H24ClN5O. The van der Waals surface area contributed by atoms with Crippen LogP contribution in [0, 0.1) is 25.2 Å². The number of amidine groups is 1. The number of aryl methyl sites for hydroxylation is 1. The molecule has 0 aliphatic heterocycles. The van der Waals surface area contributed by atoms with Gasteiger partial charge in [0, 0.05) is 23.2 Å². The lowest BCUT2D eigenvalue weighted by molar-refractivity contribution is 0.0956. The maximum atomic E-state index is 12.7. The smallest absolute Gasteiger partial charge is 0.255 e. The van der Waals surface area contributed by atoms with E-state index in [4.69, 9.17) is 22.7 Å². The Morgan fingerprint density at radius 2 is 2.14 bits per heavy atom. The first-order valence-electron chi connectivity index (χ1n) is 9.13. The Bertz CT molecular complexity index is 973. The van der Waals surface area contributed by atoms with E-state index in [9.17, 15) is 4.79 Å². The molecule has 1 aromatic heterocycles.